The van der Waals surface area contributed by atoms with E-state index in [0.29, 0.717) is 5.41 Å². The smallest absolute Gasteiger partial charge is 0.113 e. The van der Waals surface area contributed by atoms with E-state index >= 15 is 0 Å². The summed E-state index contributed by atoms with van der Waals surface area (Å²) < 4.78 is 0. The Morgan fingerprint density at radius 1 is 1.18 bits per heavy atom. The standard InChI is InChI=1S/C14H22N2S/c1-13(2)7-4-8-14(15,9-13)12-16-10-5-3-6-11(10)17-12/h3-9,15H2,1-2H3. The first kappa shape index (κ1) is 11.7. The van der Waals surface area contributed by atoms with Crippen LogP contribution in [0.3, 0.4) is 0 Å². The predicted octanol–water partition coefficient (Wildman–Crippen LogP) is 3.39. The summed E-state index contributed by atoms with van der Waals surface area (Å²) in [6.45, 7) is 4.68. The highest BCUT2D eigenvalue weighted by Crippen LogP contribution is 2.46. The van der Waals surface area contributed by atoms with Crippen molar-refractivity contribution in [2.45, 2.75) is 64.3 Å². The molecule has 0 spiro atoms. The Morgan fingerprint density at radius 3 is 2.71 bits per heavy atom. The van der Waals surface area contributed by atoms with Crippen molar-refractivity contribution in [3.8, 4) is 0 Å². The summed E-state index contributed by atoms with van der Waals surface area (Å²) in [4.78, 5) is 6.35. The molecule has 2 nitrogen and oxygen atoms in total. The lowest BCUT2D eigenvalue weighted by Gasteiger charge is -2.41. The second-order valence-electron chi connectivity index (χ2n) is 6.59. The summed E-state index contributed by atoms with van der Waals surface area (Å²) in [6.07, 6.45) is 8.44. The number of nitrogens with zero attached hydrogens (tertiary/aromatic N) is 1. The van der Waals surface area contributed by atoms with Crippen LogP contribution in [-0.2, 0) is 18.4 Å². The lowest BCUT2D eigenvalue weighted by Crippen LogP contribution is -2.44. The van der Waals surface area contributed by atoms with E-state index in [9.17, 15) is 0 Å². The molecular formula is C14H22N2S. The van der Waals surface area contributed by atoms with E-state index in [0.717, 1.165) is 12.8 Å². The van der Waals surface area contributed by atoms with Crippen molar-refractivity contribution >= 4 is 11.3 Å². The van der Waals surface area contributed by atoms with Crippen LogP contribution in [0.25, 0.3) is 0 Å². The molecule has 17 heavy (non-hydrogen) atoms. The molecule has 0 amide bonds. The Hall–Kier alpha value is -0.410. The molecule has 2 aliphatic carbocycles. The minimum Gasteiger partial charge on any atom is -0.319 e. The lowest BCUT2D eigenvalue weighted by molar-refractivity contribution is 0.151. The fraction of sp³-hybridized carbons (Fsp3) is 0.786. The molecule has 0 radical (unpaired) electrons. The number of aryl methyl sites for hydroxylation is 2. The highest BCUT2D eigenvalue weighted by molar-refractivity contribution is 7.12. The SMILES string of the molecule is CC1(C)CCCC(N)(c2nc3c(s2)CCC3)C1. The molecule has 0 aromatic carbocycles. The topological polar surface area (TPSA) is 38.9 Å². The number of rotatable bonds is 1. The molecule has 0 bridgehead atoms. The van der Waals surface area contributed by atoms with Crippen LogP contribution < -0.4 is 5.73 Å². The van der Waals surface area contributed by atoms with E-state index in [2.05, 4.69) is 13.8 Å². The van der Waals surface area contributed by atoms with Gasteiger partial charge in [-0.05, 0) is 43.9 Å². The van der Waals surface area contributed by atoms with Gasteiger partial charge >= 0.3 is 0 Å². The molecule has 3 rings (SSSR count). The molecule has 2 N–H and O–H groups in total. The first-order chi connectivity index (χ1) is 7.99. The highest BCUT2D eigenvalue weighted by Gasteiger charge is 2.41. The third-order valence-corrected chi connectivity index (χ3v) is 5.67. The van der Waals surface area contributed by atoms with E-state index in [-0.39, 0.29) is 5.54 Å². The van der Waals surface area contributed by atoms with Gasteiger partial charge in [-0.1, -0.05) is 20.3 Å². The van der Waals surface area contributed by atoms with Crippen LogP contribution in [0.5, 0.6) is 0 Å². The largest absolute Gasteiger partial charge is 0.319 e. The van der Waals surface area contributed by atoms with E-state index < -0.39 is 0 Å². The van der Waals surface area contributed by atoms with Gasteiger partial charge in [-0.3, -0.25) is 0 Å². The molecule has 1 atom stereocenters. The number of aromatic nitrogens is 1. The summed E-state index contributed by atoms with van der Waals surface area (Å²) in [6, 6.07) is 0. The average Bonchev–Trinajstić information content (AvgIpc) is 2.73. The highest BCUT2D eigenvalue weighted by atomic mass is 32.1. The van der Waals surface area contributed by atoms with Crippen molar-refractivity contribution in [2.24, 2.45) is 11.1 Å². The van der Waals surface area contributed by atoms with Crippen LogP contribution in [0.2, 0.25) is 0 Å². The second-order valence-corrected chi connectivity index (χ2v) is 7.68. The number of hydrogen-bond acceptors (Lipinski definition) is 3. The third kappa shape index (κ3) is 2.04. The van der Waals surface area contributed by atoms with E-state index in [1.54, 1.807) is 0 Å². The van der Waals surface area contributed by atoms with Crippen LogP contribution >= 0.6 is 11.3 Å². The molecule has 94 valence electrons. The van der Waals surface area contributed by atoms with Crippen molar-refractivity contribution in [2.75, 3.05) is 0 Å². The Labute approximate surface area is 108 Å². The van der Waals surface area contributed by atoms with Gasteiger partial charge in [0.2, 0.25) is 0 Å². The summed E-state index contributed by atoms with van der Waals surface area (Å²) in [7, 11) is 0. The fourth-order valence-corrected chi connectivity index (χ4v) is 4.78. The number of hydrogen-bond donors (Lipinski definition) is 1. The summed E-state index contributed by atoms with van der Waals surface area (Å²) in [5.41, 5.74) is 8.25. The first-order valence-corrected chi connectivity index (χ1v) is 7.58. The molecule has 1 heterocycles. The summed E-state index contributed by atoms with van der Waals surface area (Å²) >= 11 is 1.89. The van der Waals surface area contributed by atoms with Gasteiger partial charge in [-0.15, -0.1) is 11.3 Å². The van der Waals surface area contributed by atoms with Crippen LogP contribution in [0, 0.1) is 5.41 Å². The Balaban J connectivity index is 1.91. The normalized spacial score (nSPS) is 31.5. The lowest BCUT2D eigenvalue weighted by atomic mass is 9.69. The van der Waals surface area contributed by atoms with Gasteiger partial charge < -0.3 is 5.73 Å². The molecule has 0 saturated heterocycles. The zero-order valence-electron chi connectivity index (χ0n) is 10.9. The van der Waals surface area contributed by atoms with Crippen molar-refractivity contribution in [3.05, 3.63) is 15.6 Å². The zero-order chi connectivity index (χ0) is 12.1. The van der Waals surface area contributed by atoms with Gasteiger partial charge in [-0.2, -0.15) is 0 Å². The first-order valence-electron chi connectivity index (χ1n) is 6.77. The average molecular weight is 250 g/mol. The Bertz CT molecular complexity index is 414. The molecular weight excluding hydrogens is 228 g/mol. The van der Waals surface area contributed by atoms with E-state index in [1.165, 1.54) is 47.7 Å². The number of nitrogens with two attached hydrogens (primary N) is 1. The Morgan fingerprint density at radius 2 is 2.00 bits per heavy atom. The third-order valence-electron chi connectivity index (χ3n) is 4.29. The van der Waals surface area contributed by atoms with Gasteiger partial charge in [0, 0.05) is 4.88 Å². The van der Waals surface area contributed by atoms with Crippen LogP contribution in [0.1, 0.15) is 61.5 Å². The minimum absolute atomic E-state index is 0.142. The molecule has 1 aromatic heterocycles. The Kier molecular flexibility index (Phi) is 2.60. The van der Waals surface area contributed by atoms with Crippen molar-refractivity contribution < 1.29 is 0 Å². The summed E-state index contributed by atoms with van der Waals surface area (Å²) in [5.74, 6) is 0. The fourth-order valence-electron chi connectivity index (χ4n) is 3.50. The van der Waals surface area contributed by atoms with Gasteiger partial charge in [0.1, 0.15) is 5.01 Å². The quantitative estimate of drug-likeness (QED) is 0.830. The molecule has 0 aliphatic heterocycles. The molecule has 1 fully saturated rings. The maximum Gasteiger partial charge on any atom is 0.113 e. The van der Waals surface area contributed by atoms with Gasteiger partial charge in [0.05, 0.1) is 11.2 Å². The predicted molar refractivity (Wildman–Crippen MR) is 72.3 cm³/mol. The van der Waals surface area contributed by atoms with Gasteiger partial charge in [0.15, 0.2) is 0 Å². The van der Waals surface area contributed by atoms with Crippen LogP contribution in [0.4, 0.5) is 0 Å². The monoisotopic (exact) mass is 250 g/mol. The number of fused-ring (bicyclic) bond motifs is 1. The van der Waals surface area contributed by atoms with Crippen LogP contribution in [-0.4, -0.2) is 4.98 Å². The molecule has 1 unspecified atom stereocenters. The van der Waals surface area contributed by atoms with Crippen molar-refractivity contribution in [1.82, 2.24) is 4.98 Å². The molecule has 1 aromatic rings. The van der Waals surface area contributed by atoms with Crippen LogP contribution in [0.15, 0.2) is 0 Å². The maximum atomic E-state index is 6.66. The molecule has 3 heteroatoms. The molecule has 2 aliphatic rings. The van der Waals surface area contributed by atoms with Gasteiger partial charge in [0.25, 0.3) is 0 Å². The second kappa shape index (κ2) is 3.79. The van der Waals surface area contributed by atoms with E-state index in [4.69, 9.17) is 10.7 Å². The van der Waals surface area contributed by atoms with Crippen molar-refractivity contribution in [3.63, 3.8) is 0 Å². The van der Waals surface area contributed by atoms with Gasteiger partial charge in [-0.25, -0.2) is 4.98 Å². The zero-order valence-corrected chi connectivity index (χ0v) is 11.7. The minimum atomic E-state index is -0.142. The number of thiazole rings is 1. The molecule has 1 saturated carbocycles. The maximum absolute atomic E-state index is 6.66. The van der Waals surface area contributed by atoms with E-state index in [1.807, 2.05) is 11.3 Å². The van der Waals surface area contributed by atoms with Crippen molar-refractivity contribution in [1.29, 1.82) is 0 Å². The summed E-state index contributed by atoms with van der Waals surface area (Å²) in [5, 5.41) is 1.22.